The highest BCUT2D eigenvalue weighted by Crippen LogP contribution is 2.30. The van der Waals surface area contributed by atoms with Gasteiger partial charge >= 0.3 is 5.97 Å². The summed E-state index contributed by atoms with van der Waals surface area (Å²) in [6.45, 7) is 5.18. The first-order valence-corrected chi connectivity index (χ1v) is 8.41. The van der Waals surface area contributed by atoms with E-state index in [1.165, 1.54) is 16.4 Å². The average molecular weight is 303 g/mol. The third kappa shape index (κ3) is 2.82. The summed E-state index contributed by atoms with van der Waals surface area (Å²) in [6, 6.07) is 2.72. The molecule has 1 N–H and O–H groups in total. The molecule has 0 aromatic carbocycles. The SMILES string of the molecule is CC1CCN(S(=O)(=O)c2ccc(C(=O)O)s2)CC1C. The predicted molar refractivity (Wildman–Crippen MR) is 73.0 cm³/mol. The number of carboxylic acids is 1. The summed E-state index contributed by atoms with van der Waals surface area (Å²) >= 11 is 0.814. The molecular weight excluding hydrogens is 286 g/mol. The van der Waals surface area contributed by atoms with Crippen molar-refractivity contribution in [2.75, 3.05) is 13.1 Å². The maximum absolute atomic E-state index is 12.4. The highest BCUT2D eigenvalue weighted by Gasteiger charge is 2.32. The normalized spacial score (nSPS) is 25.4. The molecule has 2 unspecified atom stereocenters. The molecule has 2 heterocycles. The Labute approximate surface area is 116 Å². The van der Waals surface area contributed by atoms with E-state index in [1.54, 1.807) is 0 Å². The zero-order valence-electron chi connectivity index (χ0n) is 10.9. The fourth-order valence-corrected chi connectivity index (χ4v) is 5.00. The van der Waals surface area contributed by atoms with Crippen LogP contribution in [0.25, 0.3) is 0 Å². The van der Waals surface area contributed by atoms with E-state index in [0.717, 1.165) is 17.8 Å². The van der Waals surface area contributed by atoms with E-state index in [1.807, 2.05) is 6.92 Å². The quantitative estimate of drug-likeness (QED) is 0.928. The van der Waals surface area contributed by atoms with Crippen molar-refractivity contribution < 1.29 is 18.3 Å². The van der Waals surface area contributed by atoms with Gasteiger partial charge in [0.1, 0.15) is 9.09 Å². The van der Waals surface area contributed by atoms with Crippen LogP contribution in [0, 0.1) is 11.8 Å². The Morgan fingerprint density at radius 1 is 1.37 bits per heavy atom. The zero-order valence-corrected chi connectivity index (χ0v) is 12.5. The minimum Gasteiger partial charge on any atom is -0.477 e. The zero-order chi connectivity index (χ0) is 14.2. The average Bonchev–Trinajstić information content (AvgIpc) is 2.82. The lowest BCUT2D eigenvalue weighted by molar-refractivity contribution is 0.0702. The first-order chi connectivity index (χ1) is 8.82. The number of rotatable bonds is 3. The molecule has 5 nitrogen and oxygen atoms in total. The molecule has 1 aromatic rings. The summed E-state index contributed by atoms with van der Waals surface area (Å²) < 4.78 is 26.4. The van der Waals surface area contributed by atoms with Crippen molar-refractivity contribution in [3.63, 3.8) is 0 Å². The second kappa shape index (κ2) is 5.22. The Morgan fingerprint density at radius 3 is 2.58 bits per heavy atom. The van der Waals surface area contributed by atoms with Gasteiger partial charge in [0.2, 0.25) is 0 Å². The Balaban J connectivity index is 2.24. The first-order valence-electron chi connectivity index (χ1n) is 6.15. The monoisotopic (exact) mass is 303 g/mol. The minimum atomic E-state index is -3.54. The van der Waals surface area contributed by atoms with Crippen molar-refractivity contribution in [1.29, 1.82) is 0 Å². The summed E-state index contributed by atoms with van der Waals surface area (Å²) in [7, 11) is -3.54. The standard InChI is InChI=1S/C12H17NO4S2/c1-8-5-6-13(7-9(8)2)19(16,17)11-4-3-10(18-11)12(14)15/h3-4,8-9H,5-7H2,1-2H3,(H,14,15). The Hall–Kier alpha value is -0.920. The lowest BCUT2D eigenvalue weighted by Gasteiger charge is -2.34. The molecule has 1 aliphatic rings. The second-order valence-electron chi connectivity index (χ2n) is 5.03. The van der Waals surface area contributed by atoms with Crippen molar-refractivity contribution in [3.05, 3.63) is 17.0 Å². The molecule has 1 aromatic heterocycles. The highest BCUT2D eigenvalue weighted by atomic mass is 32.2. The Bertz CT molecular complexity index is 578. The number of piperidine rings is 1. The molecule has 0 spiro atoms. The molecule has 0 amide bonds. The topological polar surface area (TPSA) is 74.7 Å². The Morgan fingerprint density at radius 2 is 2.05 bits per heavy atom. The molecule has 0 radical (unpaired) electrons. The molecule has 1 fully saturated rings. The van der Waals surface area contributed by atoms with Gasteiger partial charge in [0.05, 0.1) is 0 Å². The van der Waals surface area contributed by atoms with E-state index in [-0.39, 0.29) is 9.09 Å². The number of nitrogens with zero attached hydrogens (tertiary/aromatic N) is 1. The molecule has 106 valence electrons. The summed E-state index contributed by atoms with van der Waals surface area (Å²) in [4.78, 5) is 10.9. The molecule has 0 saturated carbocycles. The summed E-state index contributed by atoms with van der Waals surface area (Å²) in [5, 5.41) is 8.85. The number of sulfonamides is 1. The van der Waals surface area contributed by atoms with Gasteiger partial charge < -0.3 is 5.11 Å². The van der Waals surface area contributed by atoms with E-state index < -0.39 is 16.0 Å². The maximum Gasteiger partial charge on any atom is 0.345 e. The molecule has 0 bridgehead atoms. The maximum atomic E-state index is 12.4. The van der Waals surface area contributed by atoms with Gasteiger partial charge in [0.25, 0.3) is 10.0 Å². The van der Waals surface area contributed by atoms with Crippen LogP contribution in [0.2, 0.25) is 0 Å². The number of thiophene rings is 1. The number of carbonyl (C=O) groups is 1. The van der Waals surface area contributed by atoms with Crippen LogP contribution in [0.15, 0.2) is 16.3 Å². The second-order valence-corrected chi connectivity index (χ2v) is 8.28. The van der Waals surface area contributed by atoms with E-state index in [9.17, 15) is 13.2 Å². The van der Waals surface area contributed by atoms with Gasteiger partial charge in [-0.2, -0.15) is 4.31 Å². The van der Waals surface area contributed by atoms with E-state index in [4.69, 9.17) is 5.11 Å². The highest BCUT2D eigenvalue weighted by molar-refractivity contribution is 7.91. The van der Waals surface area contributed by atoms with Gasteiger partial charge in [-0.25, -0.2) is 13.2 Å². The van der Waals surface area contributed by atoms with Gasteiger partial charge in [-0.1, -0.05) is 13.8 Å². The summed E-state index contributed by atoms with van der Waals surface area (Å²) in [6.07, 6.45) is 0.845. The van der Waals surface area contributed by atoms with Crippen molar-refractivity contribution in [3.8, 4) is 0 Å². The molecular formula is C12H17NO4S2. The van der Waals surface area contributed by atoms with Crippen molar-refractivity contribution in [2.24, 2.45) is 11.8 Å². The first kappa shape index (κ1) is 14.5. The fourth-order valence-electron chi connectivity index (χ4n) is 2.14. The smallest absolute Gasteiger partial charge is 0.345 e. The largest absolute Gasteiger partial charge is 0.477 e. The van der Waals surface area contributed by atoms with E-state index >= 15 is 0 Å². The third-order valence-corrected chi connectivity index (χ3v) is 7.09. The van der Waals surface area contributed by atoms with Crippen LogP contribution in [-0.2, 0) is 10.0 Å². The Kier molecular flexibility index (Phi) is 3.98. The molecule has 7 heteroatoms. The van der Waals surface area contributed by atoms with Crippen molar-refractivity contribution in [2.45, 2.75) is 24.5 Å². The van der Waals surface area contributed by atoms with Crippen LogP contribution in [0.5, 0.6) is 0 Å². The van der Waals surface area contributed by atoms with Crippen molar-refractivity contribution >= 4 is 27.3 Å². The van der Waals surface area contributed by atoms with Crippen molar-refractivity contribution in [1.82, 2.24) is 4.31 Å². The number of carboxylic acid groups (broad SMARTS) is 1. The molecule has 1 aliphatic heterocycles. The van der Waals surface area contributed by atoms with Gasteiger partial charge in [-0.3, -0.25) is 0 Å². The number of aromatic carboxylic acids is 1. The molecule has 19 heavy (non-hydrogen) atoms. The van der Waals surface area contributed by atoms with Gasteiger partial charge in [0, 0.05) is 13.1 Å². The summed E-state index contributed by atoms with van der Waals surface area (Å²) in [5.41, 5.74) is 0. The molecule has 1 saturated heterocycles. The van der Waals surface area contributed by atoms with Crippen LogP contribution in [0.1, 0.15) is 29.9 Å². The van der Waals surface area contributed by atoms with Crippen LogP contribution in [0.3, 0.4) is 0 Å². The molecule has 2 atom stereocenters. The fraction of sp³-hybridized carbons (Fsp3) is 0.583. The van der Waals surface area contributed by atoms with Gasteiger partial charge in [0.15, 0.2) is 0 Å². The van der Waals surface area contributed by atoms with E-state index in [2.05, 4.69) is 6.92 Å². The molecule has 0 aliphatic carbocycles. The number of hydrogen-bond acceptors (Lipinski definition) is 4. The predicted octanol–water partition coefficient (Wildman–Crippen LogP) is 2.11. The third-order valence-electron chi connectivity index (χ3n) is 3.68. The van der Waals surface area contributed by atoms with Crippen LogP contribution in [-0.4, -0.2) is 36.9 Å². The number of hydrogen-bond donors (Lipinski definition) is 1. The van der Waals surface area contributed by atoms with Gasteiger partial charge in [-0.15, -0.1) is 11.3 Å². The lowest BCUT2D eigenvalue weighted by atomic mass is 9.90. The van der Waals surface area contributed by atoms with Crippen LogP contribution in [0.4, 0.5) is 0 Å². The lowest BCUT2D eigenvalue weighted by Crippen LogP contribution is -2.41. The van der Waals surface area contributed by atoms with E-state index in [0.29, 0.717) is 24.9 Å². The minimum absolute atomic E-state index is 0.0528. The molecule has 2 rings (SSSR count). The summed E-state index contributed by atoms with van der Waals surface area (Å²) in [5.74, 6) is -0.251. The van der Waals surface area contributed by atoms with Gasteiger partial charge in [-0.05, 0) is 30.4 Å². The van der Waals surface area contributed by atoms with Crippen LogP contribution < -0.4 is 0 Å². The van der Waals surface area contributed by atoms with Crippen LogP contribution >= 0.6 is 11.3 Å².